The Morgan fingerprint density at radius 2 is 1.88 bits per heavy atom. The lowest BCUT2D eigenvalue weighted by atomic mass is 10.1. The van der Waals surface area contributed by atoms with E-state index in [9.17, 15) is 4.79 Å². The molecule has 1 heterocycles. The van der Waals surface area contributed by atoms with Crippen molar-refractivity contribution in [2.24, 2.45) is 0 Å². The molecule has 0 bridgehead atoms. The highest BCUT2D eigenvalue weighted by molar-refractivity contribution is 7.22. The van der Waals surface area contributed by atoms with Crippen LogP contribution in [0, 0.1) is 6.92 Å². The predicted molar refractivity (Wildman–Crippen MR) is 101 cm³/mol. The van der Waals surface area contributed by atoms with E-state index in [1.54, 1.807) is 14.2 Å². The fourth-order valence-corrected chi connectivity index (χ4v) is 3.55. The third kappa shape index (κ3) is 4.09. The number of para-hydroxylation sites is 1. The van der Waals surface area contributed by atoms with Crippen LogP contribution in [0.1, 0.15) is 17.5 Å². The monoisotopic (exact) mass is 356 g/mol. The number of amides is 1. The number of benzene rings is 2. The molecule has 0 spiro atoms. The fourth-order valence-electron chi connectivity index (χ4n) is 2.59. The number of thiazole rings is 1. The Morgan fingerprint density at radius 1 is 1.16 bits per heavy atom. The summed E-state index contributed by atoms with van der Waals surface area (Å²) in [6.45, 7) is 2.02. The van der Waals surface area contributed by atoms with Gasteiger partial charge in [0.25, 0.3) is 0 Å². The van der Waals surface area contributed by atoms with Crippen LogP contribution in [0.3, 0.4) is 0 Å². The summed E-state index contributed by atoms with van der Waals surface area (Å²) in [5.41, 5.74) is 3.05. The minimum absolute atomic E-state index is 0.0569. The van der Waals surface area contributed by atoms with Gasteiger partial charge in [-0.15, -0.1) is 0 Å². The lowest BCUT2D eigenvalue weighted by Crippen LogP contribution is -2.12. The second-order valence-corrected chi connectivity index (χ2v) is 6.74. The SMILES string of the molecule is COc1cc(CCC(=O)Nc2nc3c(C)cccc3s2)cc(OC)c1. The Kier molecular flexibility index (Phi) is 5.19. The molecule has 3 aromatic rings. The molecule has 0 saturated heterocycles. The molecule has 5 nitrogen and oxygen atoms in total. The average molecular weight is 356 g/mol. The molecule has 0 atom stereocenters. The van der Waals surface area contributed by atoms with Crippen molar-refractivity contribution in [1.82, 2.24) is 4.98 Å². The van der Waals surface area contributed by atoms with Gasteiger partial charge in [-0.05, 0) is 42.7 Å². The van der Waals surface area contributed by atoms with Gasteiger partial charge in [-0.3, -0.25) is 4.79 Å². The fraction of sp³-hybridized carbons (Fsp3) is 0.263. The molecule has 1 N–H and O–H groups in total. The van der Waals surface area contributed by atoms with E-state index >= 15 is 0 Å². The van der Waals surface area contributed by atoms with E-state index in [1.165, 1.54) is 11.3 Å². The number of fused-ring (bicyclic) bond motifs is 1. The van der Waals surface area contributed by atoms with E-state index in [1.807, 2.05) is 43.3 Å². The number of methoxy groups -OCH3 is 2. The van der Waals surface area contributed by atoms with E-state index < -0.39 is 0 Å². The maximum Gasteiger partial charge on any atom is 0.226 e. The van der Waals surface area contributed by atoms with Crippen LogP contribution in [0.4, 0.5) is 5.13 Å². The molecule has 3 rings (SSSR count). The quantitative estimate of drug-likeness (QED) is 0.719. The van der Waals surface area contributed by atoms with E-state index in [-0.39, 0.29) is 5.91 Å². The minimum Gasteiger partial charge on any atom is -0.497 e. The minimum atomic E-state index is -0.0569. The summed E-state index contributed by atoms with van der Waals surface area (Å²) >= 11 is 1.49. The summed E-state index contributed by atoms with van der Waals surface area (Å²) in [6, 6.07) is 11.7. The summed E-state index contributed by atoms with van der Waals surface area (Å²) in [4.78, 5) is 16.8. The number of hydrogen-bond donors (Lipinski definition) is 1. The number of carbonyl (C=O) groups excluding carboxylic acids is 1. The van der Waals surface area contributed by atoms with E-state index in [2.05, 4.69) is 10.3 Å². The smallest absolute Gasteiger partial charge is 0.226 e. The van der Waals surface area contributed by atoms with Gasteiger partial charge >= 0.3 is 0 Å². The normalized spacial score (nSPS) is 10.7. The number of ether oxygens (including phenoxy) is 2. The van der Waals surface area contributed by atoms with Crippen LogP contribution in [0.5, 0.6) is 11.5 Å². The number of hydrogen-bond acceptors (Lipinski definition) is 5. The van der Waals surface area contributed by atoms with Crippen molar-refractivity contribution in [3.63, 3.8) is 0 Å². The first kappa shape index (κ1) is 17.2. The summed E-state index contributed by atoms with van der Waals surface area (Å²) in [5, 5.41) is 3.53. The molecule has 0 saturated carbocycles. The summed E-state index contributed by atoms with van der Waals surface area (Å²) < 4.78 is 11.6. The van der Waals surface area contributed by atoms with Crippen LogP contribution in [0.2, 0.25) is 0 Å². The maximum absolute atomic E-state index is 12.2. The number of carbonyl (C=O) groups is 1. The molecule has 130 valence electrons. The van der Waals surface area contributed by atoms with Crippen LogP contribution in [0.25, 0.3) is 10.2 Å². The van der Waals surface area contributed by atoms with Crippen molar-refractivity contribution in [1.29, 1.82) is 0 Å². The lowest BCUT2D eigenvalue weighted by molar-refractivity contribution is -0.116. The Balaban J connectivity index is 1.65. The van der Waals surface area contributed by atoms with Crippen molar-refractivity contribution in [3.8, 4) is 11.5 Å². The van der Waals surface area contributed by atoms with Gasteiger partial charge in [-0.25, -0.2) is 4.98 Å². The van der Waals surface area contributed by atoms with E-state index in [0.29, 0.717) is 18.0 Å². The molecule has 0 radical (unpaired) electrons. The standard InChI is InChI=1S/C19H20N2O3S/c1-12-5-4-6-16-18(12)21-19(25-16)20-17(22)8-7-13-9-14(23-2)11-15(10-13)24-3/h4-6,9-11H,7-8H2,1-3H3,(H,20,21,22). The molecular formula is C19H20N2O3S. The van der Waals surface area contributed by atoms with Crippen LogP contribution >= 0.6 is 11.3 Å². The van der Waals surface area contributed by atoms with Crippen molar-refractivity contribution in [3.05, 3.63) is 47.5 Å². The van der Waals surface area contributed by atoms with Crippen LogP contribution in [-0.4, -0.2) is 25.1 Å². The number of aromatic nitrogens is 1. The van der Waals surface area contributed by atoms with Crippen molar-refractivity contribution in [2.75, 3.05) is 19.5 Å². The van der Waals surface area contributed by atoms with Gasteiger partial charge in [0.05, 0.1) is 24.4 Å². The summed E-state index contributed by atoms with van der Waals surface area (Å²) in [6.07, 6.45) is 0.967. The van der Waals surface area contributed by atoms with Crippen molar-refractivity contribution in [2.45, 2.75) is 19.8 Å². The van der Waals surface area contributed by atoms with Crippen LogP contribution in [0.15, 0.2) is 36.4 Å². The second-order valence-electron chi connectivity index (χ2n) is 5.71. The molecule has 25 heavy (non-hydrogen) atoms. The Morgan fingerprint density at radius 3 is 2.52 bits per heavy atom. The van der Waals surface area contributed by atoms with Gasteiger partial charge in [0.2, 0.25) is 5.91 Å². The van der Waals surface area contributed by atoms with Crippen molar-refractivity contribution >= 4 is 32.6 Å². The topological polar surface area (TPSA) is 60.5 Å². The van der Waals surface area contributed by atoms with Crippen molar-refractivity contribution < 1.29 is 14.3 Å². The molecule has 0 aliphatic rings. The first-order valence-corrected chi connectivity index (χ1v) is 8.78. The largest absolute Gasteiger partial charge is 0.497 e. The number of nitrogens with one attached hydrogen (secondary N) is 1. The predicted octanol–water partition coefficient (Wildman–Crippen LogP) is 4.19. The Hall–Kier alpha value is -2.60. The third-order valence-corrected chi connectivity index (χ3v) is 4.86. The van der Waals surface area contributed by atoms with Crippen LogP contribution in [-0.2, 0) is 11.2 Å². The highest BCUT2D eigenvalue weighted by atomic mass is 32.1. The molecule has 0 fully saturated rings. The first-order chi connectivity index (χ1) is 12.1. The zero-order valence-corrected chi connectivity index (χ0v) is 15.3. The van der Waals surface area contributed by atoms with E-state index in [0.717, 1.165) is 32.8 Å². The van der Waals surface area contributed by atoms with Gasteiger partial charge in [-0.1, -0.05) is 23.5 Å². The maximum atomic E-state index is 12.2. The second kappa shape index (κ2) is 7.53. The zero-order chi connectivity index (χ0) is 17.8. The summed E-state index contributed by atoms with van der Waals surface area (Å²) in [7, 11) is 3.22. The average Bonchev–Trinajstić information content (AvgIpc) is 3.03. The molecule has 1 amide bonds. The molecular weight excluding hydrogens is 336 g/mol. The van der Waals surface area contributed by atoms with Gasteiger partial charge in [0.1, 0.15) is 11.5 Å². The Bertz CT molecular complexity index is 883. The summed E-state index contributed by atoms with van der Waals surface area (Å²) in [5.74, 6) is 1.38. The van der Waals surface area contributed by atoms with Crippen LogP contribution < -0.4 is 14.8 Å². The highest BCUT2D eigenvalue weighted by Gasteiger charge is 2.10. The number of anilines is 1. The number of rotatable bonds is 6. The van der Waals surface area contributed by atoms with Gasteiger partial charge in [-0.2, -0.15) is 0 Å². The number of aryl methyl sites for hydroxylation is 2. The molecule has 0 unspecified atom stereocenters. The molecule has 0 aliphatic heterocycles. The Labute approximate surface area is 150 Å². The third-order valence-electron chi connectivity index (χ3n) is 3.92. The molecule has 1 aromatic heterocycles. The van der Waals surface area contributed by atoms with Gasteiger partial charge < -0.3 is 14.8 Å². The van der Waals surface area contributed by atoms with E-state index in [4.69, 9.17) is 9.47 Å². The van der Waals surface area contributed by atoms with Gasteiger partial charge in [0.15, 0.2) is 5.13 Å². The number of nitrogens with zero attached hydrogens (tertiary/aromatic N) is 1. The van der Waals surface area contributed by atoms with Gasteiger partial charge in [0, 0.05) is 12.5 Å². The zero-order valence-electron chi connectivity index (χ0n) is 14.5. The highest BCUT2D eigenvalue weighted by Crippen LogP contribution is 2.28. The molecule has 0 aliphatic carbocycles. The lowest BCUT2D eigenvalue weighted by Gasteiger charge is -2.08. The first-order valence-electron chi connectivity index (χ1n) is 7.97. The molecule has 6 heteroatoms. The molecule has 2 aromatic carbocycles.